The number of hydrogen-bond acceptors (Lipinski definition) is 2. The third-order valence-corrected chi connectivity index (χ3v) is 3.43. The summed E-state index contributed by atoms with van der Waals surface area (Å²) < 4.78 is 1.97. The molecule has 0 aliphatic carbocycles. The molecule has 2 heterocycles. The third-order valence-electron chi connectivity index (χ3n) is 3.43. The van der Waals surface area contributed by atoms with E-state index in [2.05, 4.69) is 10.3 Å². The van der Waals surface area contributed by atoms with E-state index in [1.54, 1.807) is 6.20 Å². The molecule has 2 aromatic heterocycles. The zero-order valence-electron chi connectivity index (χ0n) is 11.1. The van der Waals surface area contributed by atoms with Crippen molar-refractivity contribution < 1.29 is 4.79 Å². The Morgan fingerprint density at radius 2 is 2.11 bits per heavy atom. The van der Waals surface area contributed by atoms with Gasteiger partial charge in [0.15, 0.2) is 0 Å². The number of carbonyl (C=O) groups is 1. The van der Waals surface area contributed by atoms with Crippen molar-refractivity contribution in [3.8, 4) is 0 Å². The summed E-state index contributed by atoms with van der Waals surface area (Å²) in [5.74, 6) is 0.186. The molecule has 0 spiro atoms. The zero-order chi connectivity index (χ0) is 13.1. The van der Waals surface area contributed by atoms with Gasteiger partial charge >= 0.3 is 0 Å². The van der Waals surface area contributed by atoms with Crippen molar-refractivity contribution in [1.82, 2.24) is 9.38 Å². The van der Waals surface area contributed by atoms with Crippen molar-refractivity contribution in [3.63, 3.8) is 0 Å². The lowest BCUT2D eigenvalue weighted by Gasteiger charge is -2.15. The van der Waals surface area contributed by atoms with Crippen LogP contribution in [0.4, 0.5) is 5.69 Å². The summed E-state index contributed by atoms with van der Waals surface area (Å²) in [6.45, 7) is 6.07. The number of hydrogen-bond donors (Lipinski definition) is 1. The third kappa shape index (κ3) is 2.23. The van der Waals surface area contributed by atoms with Crippen LogP contribution < -0.4 is 5.32 Å². The highest BCUT2D eigenvalue weighted by molar-refractivity contribution is 5.93. The molecule has 4 heteroatoms. The molecule has 4 nitrogen and oxygen atoms in total. The summed E-state index contributed by atoms with van der Waals surface area (Å²) in [5.41, 5.74) is 2.76. The Kier molecular flexibility index (Phi) is 3.65. The maximum Gasteiger partial charge on any atom is 0.227 e. The molecule has 0 fully saturated rings. The van der Waals surface area contributed by atoms with Crippen molar-refractivity contribution in [1.29, 1.82) is 0 Å². The Morgan fingerprint density at radius 3 is 2.78 bits per heavy atom. The SMILES string of the molecule is CCC(CC)C(=O)Nc1ccc2nccn2c1C. The predicted octanol–water partition coefficient (Wildman–Crippen LogP) is 3.02. The number of rotatable bonds is 4. The Balaban J connectivity index is 2.26. The second-order valence-corrected chi connectivity index (χ2v) is 4.49. The fourth-order valence-corrected chi connectivity index (χ4v) is 2.16. The van der Waals surface area contributed by atoms with Crippen LogP contribution in [0.1, 0.15) is 32.4 Å². The van der Waals surface area contributed by atoms with E-state index in [0.29, 0.717) is 0 Å². The Hall–Kier alpha value is -1.84. The normalized spacial score (nSPS) is 11.1. The number of carbonyl (C=O) groups excluding carboxylic acids is 1. The van der Waals surface area contributed by atoms with Crippen LogP contribution in [0.15, 0.2) is 24.5 Å². The first-order valence-electron chi connectivity index (χ1n) is 6.40. The molecule has 0 radical (unpaired) electrons. The van der Waals surface area contributed by atoms with Gasteiger partial charge in [-0.05, 0) is 31.9 Å². The molecule has 0 saturated carbocycles. The number of anilines is 1. The van der Waals surface area contributed by atoms with Crippen LogP contribution in [-0.2, 0) is 4.79 Å². The minimum atomic E-state index is 0.0860. The van der Waals surface area contributed by atoms with E-state index in [1.165, 1.54) is 0 Å². The first-order chi connectivity index (χ1) is 8.67. The fourth-order valence-electron chi connectivity index (χ4n) is 2.16. The van der Waals surface area contributed by atoms with Crippen LogP contribution in [0, 0.1) is 12.8 Å². The number of amides is 1. The maximum absolute atomic E-state index is 12.1. The maximum atomic E-state index is 12.1. The molecule has 0 aliphatic heterocycles. The van der Waals surface area contributed by atoms with E-state index in [0.717, 1.165) is 29.9 Å². The fraction of sp³-hybridized carbons (Fsp3) is 0.429. The minimum Gasteiger partial charge on any atom is -0.324 e. The highest BCUT2D eigenvalue weighted by atomic mass is 16.1. The van der Waals surface area contributed by atoms with Crippen LogP contribution >= 0.6 is 0 Å². The van der Waals surface area contributed by atoms with E-state index in [4.69, 9.17) is 0 Å². The van der Waals surface area contributed by atoms with Gasteiger partial charge in [-0.15, -0.1) is 0 Å². The van der Waals surface area contributed by atoms with Crippen LogP contribution in [0.25, 0.3) is 5.65 Å². The summed E-state index contributed by atoms with van der Waals surface area (Å²) in [6.07, 6.45) is 5.40. The van der Waals surface area contributed by atoms with E-state index < -0.39 is 0 Å². The molecule has 2 rings (SSSR count). The summed E-state index contributed by atoms with van der Waals surface area (Å²) in [6, 6.07) is 3.83. The standard InChI is InChI=1S/C14H19N3O/c1-4-11(5-2)14(18)16-12-6-7-13-15-8-9-17(13)10(12)3/h6-9,11H,4-5H2,1-3H3,(H,16,18). The average molecular weight is 245 g/mol. The molecule has 0 atom stereocenters. The van der Waals surface area contributed by atoms with Gasteiger partial charge in [0.1, 0.15) is 5.65 Å². The average Bonchev–Trinajstić information content (AvgIpc) is 2.83. The van der Waals surface area contributed by atoms with Crippen molar-refractivity contribution >= 4 is 17.2 Å². The summed E-state index contributed by atoms with van der Waals surface area (Å²) in [4.78, 5) is 16.3. The number of aryl methyl sites for hydroxylation is 1. The van der Waals surface area contributed by atoms with Gasteiger partial charge in [0, 0.05) is 24.0 Å². The van der Waals surface area contributed by atoms with Crippen LogP contribution in [-0.4, -0.2) is 15.3 Å². The second-order valence-electron chi connectivity index (χ2n) is 4.49. The smallest absolute Gasteiger partial charge is 0.227 e. The largest absolute Gasteiger partial charge is 0.324 e. The van der Waals surface area contributed by atoms with Crippen LogP contribution in [0.5, 0.6) is 0 Å². The number of aromatic nitrogens is 2. The van der Waals surface area contributed by atoms with E-state index in [1.807, 2.05) is 43.5 Å². The van der Waals surface area contributed by atoms with Gasteiger partial charge in [-0.2, -0.15) is 0 Å². The van der Waals surface area contributed by atoms with Crippen molar-refractivity contribution in [3.05, 3.63) is 30.2 Å². The van der Waals surface area contributed by atoms with Crippen molar-refractivity contribution in [2.45, 2.75) is 33.6 Å². The van der Waals surface area contributed by atoms with E-state index in [9.17, 15) is 4.79 Å². The highest BCUT2D eigenvalue weighted by Gasteiger charge is 2.15. The Bertz CT molecular complexity index is 555. The monoisotopic (exact) mass is 245 g/mol. The molecule has 0 unspecified atom stereocenters. The van der Waals surface area contributed by atoms with Crippen LogP contribution in [0.3, 0.4) is 0 Å². The first-order valence-corrected chi connectivity index (χ1v) is 6.40. The van der Waals surface area contributed by atoms with E-state index >= 15 is 0 Å². The summed E-state index contributed by atoms with van der Waals surface area (Å²) in [7, 11) is 0. The molecule has 0 aliphatic rings. The number of pyridine rings is 1. The quantitative estimate of drug-likeness (QED) is 0.900. The lowest BCUT2D eigenvalue weighted by atomic mass is 10.0. The Morgan fingerprint density at radius 1 is 1.39 bits per heavy atom. The molecular formula is C14H19N3O. The molecule has 1 N–H and O–H groups in total. The van der Waals surface area contributed by atoms with Gasteiger partial charge in [0.05, 0.1) is 5.69 Å². The minimum absolute atomic E-state index is 0.0860. The lowest BCUT2D eigenvalue weighted by Crippen LogP contribution is -2.22. The predicted molar refractivity (Wildman–Crippen MR) is 72.6 cm³/mol. The summed E-state index contributed by atoms with van der Waals surface area (Å²) in [5, 5.41) is 3.01. The summed E-state index contributed by atoms with van der Waals surface area (Å²) >= 11 is 0. The molecule has 96 valence electrons. The second kappa shape index (κ2) is 5.21. The number of fused-ring (bicyclic) bond motifs is 1. The molecular weight excluding hydrogens is 226 g/mol. The first kappa shape index (κ1) is 12.6. The van der Waals surface area contributed by atoms with Crippen molar-refractivity contribution in [2.24, 2.45) is 5.92 Å². The van der Waals surface area contributed by atoms with Gasteiger partial charge in [0.2, 0.25) is 5.91 Å². The molecule has 2 aromatic rings. The topological polar surface area (TPSA) is 46.4 Å². The number of nitrogens with one attached hydrogen (secondary N) is 1. The molecule has 1 amide bonds. The van der Waals surface area contributed by atoms with E-state index in [-0.39, 0.29) is 11.8 Å². The highest BCUT2D eigenvalue weighted by Crippen LogP contribution is 2.18. The Labute approximate surface area is 107 Å². The molecule has 18 heavy (non-hydrogen) atoms. The van der Waals surface area contributed by atoms with Crippen LogP contribution in [0.2, 0.25) is 0 Å². The van der Waals surface area contributed by atoms with Gasteiger partial charge in [-0.1, -0.05) is 13.8 Å². The number of imidazole rings is 1. The zero-order valence-corrected chi connectivity index (χ0v) is 11.1. The van der Waals surface area contributed by atoms with Gasteiger partial charge in [-0.3, -0.25) is 4.79 Å². The van der Waals surface area contributed by atoms with Gasteiger partial charge in [-0.25, -0.2) is 4.98 Å². The molecule has 0 aromatic carbocycles. The van der Waals surface area contributed by atoms with Gasteiger partial charge in [0.25, 0.3) is 0 Å². The lowest BCUT2D eigenvalue weighted by molar-refractivity contribution is -0.120. The number of nitrogens with zero attached hydrogens (tertiary/aromatic N) is 2. The molecule has 0 bridgehead atoms. The molecule has 0 saturated heterocycles. The van der Waals surface area contributed by atoms with Gasteiger partial charge < -0.3 is 9.72 Å². The van der Waals surface area contributed by atoms with Crippen molar-refractivity contribution in [2.75, 3.05) is 5.32 Å².